The Kier molecular flexibility index (Phi) is 2.72. The van der Waals surface area contributed by atoms with Crippen molar-refractivity contribution in [3.8, 4) is 0 Å². The normalized spacial score (nSPS) is 12.1. The number of fused-ring (bicyclic) bond motifs is 1. The molecule has 2 aromatic rings. The summed E-state index contributed by atoms with van der Waals surface area (Å²) in [5.41, 5.74) is 0.941. The predicted molar refractivity (Wildman–Crippen MR) is 62.8 cm³/mol. The number of halogens is 3. The molecule has 5 heteroatoms. The molecule has 2 nitrogen and oxygen atoms in total. The average Bonchev–Trinajstić information content (AvgIpc) is 2.56. The van der Waals surface area contributed by atoms with Gasteiger partial charge in [-0.25, -0.2) is 0 Å². The molecule has 0 unspecified atom stereocenters. The quantitative estimate of drug-likeness (QED) is 0.713. The number of alkyl halides is 3. The number of aldehydes is 1. The van der Waals surface area contributed by atoms with Crippen LogP contribution in [0.2, 0.25) is 0 Å². The molecular weight excluding hydrogens is 243 g/mol. The van der Waals surface area contributed by atoms with Gasteiger partial charge < -0.3 is 4.57 Å². The van der Waals surface area contributed by atoms with E-state index in [0.717, 1.165) is 15.7 Å². The molecule has 0 bridgehead atoms. The van der Waals surface area contributed by atoms with E-state index in [0.29, 0.717) is 10.9 Å². The zero-order valence-corrected chi connectivity index (χ0v) is 10.2. The zero-order valence-electron chi connectivity index (χ0n) is 10.2. The van der Waals surface area contributed by atoms with Crippen LogP contribution >= 0.6 is 0 Å². The van der Waals surface area contributed by atoms with Crippen LogP contribution in [0.5, 0.6) is 0 Å². The molecule has 1 aromatic heterocycles. The summed E-state index contributed by atoms with van der Waals surface area (Å²) in [7, 11) is 1.34. The highest BCUT2D eigenvalue weighted by atomic mass is 19.4. The van der Waals surface area contributed by atoms with Crippen molar-refractivity contribution in [2.75, 3.05) is 0 Å². The molecule has 0 amide bonds. The summed E-state index contributed by atoms with van der Waals surface area (Å²) in [6.07, 6.45) is -4.26. The van der Waals surface area contributed by atoms with Crippen molar-refractivity contribution in [2.45, 2.75) is 20.0 Å². The summed E-state index contributed by atoms with van der Waals surface area (Å²) in [6, 6.07) is 3.29. The first-order valence-electron chi connectivity index (χ1n) is 5.40. The Morgan fingerprint density at radius 3 is 2.33 bits per heavy atom. The third-order valence-corrected chi connectivity index (χ3v) is 3.30. The number of aromatic nitrogens is 1. The van der Waals surface area contributed by atoms with E-state index in [4.69, 9.17) is 0 Å². The molecule has 96 valence electrons. The molecule has 0 N–H and O–H groups in total. The molecule has 0 saturated heterocycles. The van der Waals surface area contributed by atoms with Gasteiger partial charge in [0.1, 0.15) is 5.69 Å². The van der Waals surface area contributed by atoms with Crippen LogP contribution in [0.4, 0.5) is 13.2 Å². The molecule has 2 rings (SSSR count). The summed E-state index contributed by atoms with van der Waals surface area (Å²) in [4.78, 5) is 11.0. The maximum atomic E-state index is 13.0. The van der Waals surface area contributed by atoms with E-state index in [-0.39, 0.29) is 11.8 Å². The number of carbonyl (C=O) groups is 1. The van der Waals surface area contributed by atoms with Crippen LogP contribution in [0.1, 0.15) is 27.2 Å². The first-order chi connectivity index (χ1) is 8.29. The predicted octanol–water partition coefficient (Wildman–Crippen LogP) is 3.63. The third-order valence-electron chi connectivity index (χ3n) is 3.30. The minimum Gasteiger partial charge on any atom is -0.339 e. The van der Waals surface area contributed by atoms with Crippen LogP contribution < -0.4 is 0 Å². The lowest BCUT2D eigenvalue weighted by Gasteiger charge is -2.10. The number of benzene rings is 1. The lowest BCUT2D eigenvalue weighted by molar-refractivity contribution is -0.143. The molecule has 18 heavy (non-hydrogen) atoms. The first kappa shape index (κ1) is 12.7. The smallest absolute Gasteiger partial charge is 0.339 e. The number of aryl methyl sites for hydroxylation is 3. The fraction of sp³-hybridized carbons (Fsp3) is 0.308. The van der Waals surface area contributed by atoms with Gasteiger partial charge in [0, 0.05) is 12.4 Å². The molecule has 0 saturated carbocycles. The van der Waals surface area contributed by atoms with Gasteiger partial charge >= 0.3 is 6.18 Å². The molecule has 0 aliphatic rings. The van der Waals surface area contributed by atoms with E-state index in [2.05, 4.69) is 0 Å². The highest BCUT2D eigenvalue weighted by Crippen LogP contribution is 2.38. The number of hydrogen-bond acceptors (Lipinski definition) is 1. The lowest BCUT2D eigenvalue weighted by atomic mass is 10.0. The molecule has 0 fully saturated rings. The standard InChI is InChI=1S/C13H12F3NO/c1-7-4-5-9-10(6-18)12(13(14,15)16)17(3)11(9)8(7)2/h4-6H,1-3H3. The molecular formula is C13H12F3NO. The van der Waals surface area contributed by atoms with Crippen molar-refractivity contribution in [3.05, 3.63) is 34.5 Å². The van der Waals surface area contributed by atoms with E-state index in [1.807, 2.05) is 6.92 Å². The summed E-state index contributed by atoms with van der Waals surface area (Å²) < 4.78 is 40.0. The van der Waals surface area contributed by atoms with Gasteiger partial charge in [-0.15, -0.1) is 0 Å². The van der Waals surface area contributed by atoms with E-state index in [1.54, 1.807) is 19.1 Å². The zero-order chi connectivity index (χ0) is 13.7. The maximum Gasteiger partial charge on any atom is 0.432 e. The van der Waals surface area contributed by atoms with Crippen LogP contribution in [-0.2, 0) is 13.2 Å². The summed E-state index contributed by atoms with van der Waals surface area (Å²) >= 11 is 0. The number of hydrogen-bond donors (Lipinski definition) is 0. The van der Waals surface area contributed by atoms with E-state index in [9.17, 15) is 18.0 Å². The van der Waals surface area contributed by atoms with Gasteiger partial charge in [-0.2, -0.15) is 13.2 Å². The molecule has 0 aliphatic heterocycles. The largest absolute Gasteiger partial charge is 0.432 e. The monoisotopic (exact) mass is 255 g/mol. The van der Waals surface area contributed by atoms with Crippen LogP contribution in [-0.4, -0.2) is 10.9 Å². The van der Waals surface area contributed by atoms with Gasteiger partial charge in [0.05, 0.1) is 11.1 Å². The molecule has 0 aliphatic carbocycles. The van der Waals surface area contributed by atoms with Crippen molar-refractivity contribution < 1.29 is 18.0 Å². The summed E-state index contributed by atoms with van der Waals surface area (Å²) in [5.74, 6) is 0. The minimum absolute atomic E-state index is 0.278. The van der Waals surface area contributed by atoms with Crippen LogP contribution in [0, 0.1) is 13.8 Å². The van der Waals surface area contributed by atoms with Crippen molar-refractivity contribution in [3.63, 3.8) is 0 Å². The van der Waals surface area contributed by atoms with Crippen LogP contribution in [0.15, 0.2) is 12.1 Å². The van der Waals surface area contributed by atoms with Gasteiger partial charge in [0.2, 0.25) is 0 Å². The SMILES string of the molecule is Cc1ccc2c(C=O)c(C(F)(F)F)n(C)c2c1C. The Hall–Kier alpha value is -1.78. The minimum atomic E-state index is -4.54. The summed E-state index contributed by atoms with van der Waals surface area (Å²) in [5, 5.41) is 0.350. The van der Waals surface area contributed by atoms with Gasteiger partial charge in [-0.1, -0.05) is 12.1 Å². The number of carbonyl (C=O) groups excluding carboxylic acids is 1. The fourth-order valence-electron chi connectivity index (χ4n) is 2.33. The molecule has 0 radical (unpaired) electrons. The van der Waals surface area contributed by atoms with Crippen molar-refractivity contribution in [2.24, 2.45) is 7.05 Å². The highest BCUT2D eigenvalue weighted by Gasteiger charge is 2.38. The topological polar surface area (TPSA) is 22.0 Å². The second-order valence-electron chi connectivity index (χ2n) is 4.34. The summed E-state index contributed by atoms with van der Waals surface area (Å²) in [6.45, 7) is 3.59. The molecule has 1 aromatic carbocycles. The van der Waals surface area contributed by atoms with Gasteiger partial charge in [-0.3, -0.25) is 4.79 Å². The highest BCUT2D eigenvalue weighted by molar-refractivity contribution is 6.01. The first-order valence-corrected chi connectivity index (χ1v) is 5.40. The Bertz CT molecular complexity index is 638. The van der Waals surface area contributed by atoms with Gasteiger partial charge in [0.15, 0.2) is 6.29 Å². The van der Waals surface area contributed by atoms with E-state index in [1.165, 1.54) is 7.05 Å². The third kappa shape index (κ3) is 1.62. The van der Waals surface area contributed by atoms with Crippen molar-refractivity contribution >= 4 is 17.2 Å². The number of rotatable bonds is 1. The molecule has 0 atom stereocenters. The van der Waals surface area contributed by atoms with E-state index < -0.39 is 11.9 Å². The second kappa shape index (κ2) is 3.86. The fourth-order valence-corrected chi connectivity index (χ4v) is 2.33. The second-order valence-corrected chi connectivity index (χ2v) is 4.34. The van der Waals surface area contributed by atoms with Crippen LogP contribution in [0.3, 0.4) is 0 Å². The van der Waals surface area contributed by atoms with Crippen molar-refractivity contribution in [1.82, 2.24) is 4.57 Å². The van der Waals surface area contributed by atoms with Gasteiger partial charge in [-0.05, 0) is 25.0 Å². The Labute approximate surface area is 102 Å². The van der Waals surface area contributed by atoms with Crippen molar-refractivity contribution in [1.29, 1.82) is 0 Å². The average molecular weight is 255 g/mol. The molecule has 1 heterocycles. The van der Waals surface area contributed by atoms with Crippen LogP contribution in [0.25, 0.3) is 10.9 Å². The maximum absolute atomic E-state index is 13.0. The molecule has 0 spiro atoms. The number of nitrogens with zero attached hydrogens (tertiary/aromatic N) is 1. The van der Waals surface area contributed by atoms with E-state index >= 15 is 0 Å². The van der Waals surface area contributed by atoms with Gasteiger partial charge in [0.25, 0.3) is 0 Å². The Morgan fingerprint density at radius 2 is 1.83 bits per heavy atom. The lowest BCUT2D eigenvalue weighted by Crippen LogP contribution is -2.13. The Balaban J connectivity index is 3.02. The Morgan fingerprint density at radius 1 is 1.22 bits per heavy atom.